The van der Waals surface area contributed by atoms with Crippen LogP contribution in [0.4, 0.5) is 5.13 Å². The molecule has 0 saturated carbocycles. The van der Waals surface area contributed by atoms with Gasteiger partial charge in [-0.2, -0.15) is 0 Å². The Morgan fingerprint density at radius 3 is 2.52 bits per heavy atom. The Morgan fingerprint density at radius 1 is 1.19 bits per heavy atom. The quantitative estimate of drug-likeness (QED) is 0.398. The second-order valence-electron chi connectivity index (χ2n) is 5.60. The van der Waals surface area contributed by atoms with Gasteiger partial charge in [-0.25, -0.2) is 0 Å². The van der Waals surface area contributed by atoms with Crippen LogP contribution in [-0.4, -0.2) is 39.4 Å². The summed E-state index contributed by atoms with van der Waals surface area (Å²) in [5.41, 5.74) is 0.812. The lowest BCUT2D eigenvalue weighted by atomic mass is 10.2. The van der Waals surface area contributed by atoms with E-state index in [0.717, 1.165) is 10.5 Å². The molecule has 0 spiro atoms. The Morgan fingerprint density at radius 2 is 1.85 bits per heavy atom. The monoisotopic (exact) mass is 444 g/mol. The number of nitrogens with zero attached hydrogens (tertiary/aromatic N) is 3. The maximum atomic E-state index is 12.0. The molecular formula is C16H14Cl2N4O3S2. The first-order valence-electron chi connectivity index (χ1n) is 7.96. The summed E-state index contributed by atoms with van der Waals surface area (Å²) >= 11 is 14.9. The number of hydrogen-bond donors (Lipinski definition) is 1. The van der Waals surface area contributed by atoms with Gasteiger partial charge in [-0.15, -0.1) is 10.2 Å². The van der Waals surface area contributed by atoms with E-state index in [2.05, 4.69) is 15.5 Å². The van der Waals surface area contributed by atoms with Crippen molar-refractivity contribution in [2.24, 2.45) is 0 Å². The molecule has 0 radical (unpaired) electrons. The van der Waals surface area contributed by atoms with Crippen LogP contribution in [0.25, 0.3) is 0 Å². The van der Waals surface area contributed by atoms with E-state index in [1.54, 1.807) is 18.2 Å². The zero-order valence-corrected chi connectivity index (χ0v) is 17.1. The number of aromatic nitrogens is 2. The molecule has 2 heterocycles. The average molecular weight is 445 g/mol. The molecule has 2 aromatic rings. The lowest BCUT2D eigenvalue weighted by Crippen LogP contribution is -2.32. The van der Waals surface area contributed by atoms with Gasteiger partial charge in [0.1, 0.15) is 0 Å². The number of carbonyl (C=O) groups is 3. The van der Waals surface area contributed by atoms with E-state index in [9.17, 15) is 14.4 Å². The van der Waals surface area contributed by atoms with Gasteiger partial charge in [-0.3, -0.25) is 19.3 Å². The van der Waals surface area contributed by atoms with Crippen molar-refractivity contribution in [1.82, 2.24) is 15.1 Å². The maximum Gasteiger partial charge on any atom is 0.229 e. The first-order chi connectivity index (χ1) is 12.9. The summed E-state index contributed by atoms with van der Waals surface area (Å²) in [5, 5.41) is 12.1. The fourth-order valence-corrected chi connectivity index (χ4v) is 4.90. The van der Waals surface area contributed by atoms with Crippen LogP contribution in [0.3, 0.4) is 0 Å². The molecule has 1 fully saturated rings. The molecule has 1 saturated heterocycles. The number of amides is 3. The molecule has 1 aromatic carbocycles. The largest absolute Gasteiger partial charge is 0.300 e. The second-order valence-corrected chi connectivity index (χ2v) is 8.61. The summed E-state index contributed by atoms with van der Waals surface area (Å²) < 4.78 is 0.659. The number of hydrogen-bond acceptors (Lipinski definition) is 7. The van der Waals surface area contributed by atoms with Gasteiger partial charge in [0.15, 0.2) is 4.34 Å². The average Bonchev–Trinajstić information content (AvgIpc) is 3.19. The number of carbonyl (C=O) groups excluding carboxylic acids is 3. The Labute approximate surface area is 173 Å². The van der Waals surface area contributed by atoms with Gasteiger partial charge in [0.25, 0.3) is 0 Å². The molecule has 11 heteroatoms. The summed E-state index contributed by atoms with van der Waals surface area (Å²) in [4.78, 5) is 36.2. The molecule has 27 heavy (non-hydrogen) atoms. The number of benzene rings is 1. The molecule has 3 amide bonds. The van der Waals surface area contributed by atoms with Crippen LogP contribution in [0, 0.1) is 0 Å². The van der Waals surface area contributed by atoms with Crippen molar-refractivity contribution >= 4 is 69.2 Å². The van der Waals surface area contributed by atoms with Crippen LogP contribution in [0.2, 0.25) is 10.0 Å². The lowest BCUT2D eigenvalue weighted by Gasteiger charge is -2.12. The molecule has 1 aliphatic heterocycles. The fraction of sp³-hybridized carbons (Fsp3) is 0.312. The number of halogens is 2. The molecule has 0 aliphatic carbocycles. The molecular weight excluding hydrogens is 431 g/mol. The van der Waals surface area contributed by atoms with Gasteiger partial charge < -0.3 is 5.32 Å². The van der Waals surface area contributed by atoms with Gasteiger partial charge in [0, 0.05) is 41.6 Å². The van der Waals surface area contributed by atoms with Crippen molar-refractivity contribution in [1.29, 1.82) is 0 Å². The number of imide groups is 1. The maximum absolute atomic E-state index is 12.0. The zero-order valence-electron chi connectivity index (χ0n) is 13.9. The molecule has 142 valence electrons. The molecule has 0 bridgehead atoms. The predicted octanol–water partition coefficient (Wildman–Crippen LogP) is 3.61. The van der Waals surface area contributed by atoms with E-state index < -0.39 is 0 Å². The van der Waals surface area contributed by atoms with Crippen LogP contribution >= 0.6 is 46.3 Å². The number of nitrogens with one attached hydrogen (secondary N) is 1. The highest BCUT2D eigenvalue weighted by molar-refractivity contribution is 8.00. The molecule has 0 atom stereocenters. The van der Waals surface area contributed by atoms with Crippen molar-refractivity contribution in [3.63, 3.8) is 0 Å². The van der Waals surface area contributed by atoms with E-state index in [-0.39, 0.29) is 43.5 Å². The number of thioether (sulfide) groups is 1. The Balaban J connectivity index is 1.49. The number of likely N-dealkylation sites (tertiary alicyclic amines) is 1. The first-order valence-corrected chi connectivity index (χ1v) is 10.5. The van der Waals surface area contributed by atoms with E-state index in [0.29, 0.717) is 25.3 Å². The third-order valence-corrected chi connectivity index (χ3v) is 6.48. The summed E-state index contributed by atoms with van der Waals surface area (Å²) in [6.07, 6.45) is 0.453. The molecule has 7 nitrogen and oxygen atoms in total. The van der Waals surface area contributed by atoms with E-state index in [4.69, 9.17) is 23.2 Å². The molecule has 0 unspecified atom stereocenters. The molecule has 1 N–H and O–H groups in total. The van der Waals surface area contributed by atoms with Gasteiger partial charge in [0.05, 0.1) is 0 Å². The summed E-state index contributed by atoms with van der Waals surface area (Å²) in [6, 6.07) is 5.32. The summed E-state index contributed by atoms with van der Waals surface area (Å²) in [5.74, 6) is -0.272. The third-order valence-electron chi connectivity index (χ3n) is 3.77. The Kier molecular flexibility index (Phi) is 6.69. The van der Waals surface area contributed by atoms with Crippen molar-refractivity contribution in [3.8, 4) is 0 Å². The van der Waals surface area contributed by atoms with Crippen LogP contribution < -0.4 is 5.32 Å². The standard InChI is InChI=1S/C16H14Cl2N4O3S2/c17-10-2-1-3-11(18)9(10)8-26-16-21-20-15(27-16)19-12(23)6-7-22-13(24)4-5-14(22)25/h1-3H,4-8H2,(H,19,20,23). The van der Waals surface area contributed by atoms with Crippen molar-refractivity contribution in [2.45, 2.75) is 29.4 Å². The van der Waals surface area contributed by atoms with Crippen LogP contribution in [0.5, 0.6) is 0 Å². The van der Waals surface area contributed by atoms with Gasteiger partial charge >= 0.3 is 0 Å². The van der Waals surface area contributed by atoms with Crippen molar-refractivity contribution < 1.29 is 14.4 Å². The highest BCUT2D eigenvalue weighted by Gasteiger charge is 2.28. The minimum Gasteiger partial charge on any atom is -0.300 e. The zero-order chi connectivity index (χ0) is 19.4. The summed E-state index contributed by atoms with van der Waals surface area (Å²) in [6.45, 7) is 0.0783. The SMILES string of the molecule is O=C(CCN1C(=O)CCC1=O)Nc1nnc(SCc2c(Cl)cccc2Cl)s1. The van der Waals surface area contributed by atoms with Crippen molar-refractivity contribution in [3.05, 3.63) is 33.8 Å². The minimum atomic E-state index is -0.329. The molecule has 1 aromatic heterocycles. The summed E-state index contributed by atoms with van der Waals surface area (Å²) in [7, 11) is 0. The van der Waals surface area contributed by atoms with E-state index in [1.165, 1.54) is 23.1 Å². The van der Waals surface area contributed by atoms with E-state index >= 15 is 0 Å². The Bertz CT molecular complexity index is 854. The Hall–Kier alpha value is -1.68. The van der Waals surface area contributed by atoms with E-state index in [1.807, 2.05) is 0 Å². The van der Waals surface area contributed by atoms with Crippen molar-refractivity contribution in [2.75, 3.05) is 11.9 Å². The minimum absolute atomic E-state index is 0.0226. The molecule has 3 rings (SSSR count). The fourth-order valence-electron chi connectivity index (χ4n) is 2.39. The topological polar surface area (TPSA) is 92.3 Å². The first kappa shape index (κ1) is 20.1. The third kappa shape index (κ3) is 5.19. The van der Waals surface area contributed by atoms with Crippen LogP contribution in [-0.2, 0) is 20.1 Å². The van der Waals surface area contributed by atoms with Crippen LogP contribution in [0.15, 0.2) is 22.5 Å². The smallest absolute Gasteiger partial charge is 0.229 e. The molecule has 1 aliphatic rings. The van der Waals surface area contributed by atoms with Gasteiger partial charge in [0.2, 0.25) is 22.9 Å². The predicted molar refractivity (Wildman–Crippen MR) is 105 cm³/mol. The van der Waals surface area contributed by atoms with Gasteiger partial charge in [-0.1, -0.05) is 52.4 Å². The number of anilines is 1. The highest BCUT2D eigenvalue weighted by atomic mass is 35.5. The highest BCUT2D eigenvalue weighted by Crippen LogP contribution is 2.33. The number of rotatable bonds is 7. The van der Waals surface area contributed by atoms with Crippen LogP contribution in [0.1, 0.15) is 24.8 Å². The van der Waals surface area contributed by atoms with Gasteiger partial charge in [-0.05, 0) is 17.7 Å². The normalized spacial score (nSPS) is 14.1. The second kappa shape index (κ2) is 9.01. The lowest BCUT2D eigenvalue weighted by molar-refractivity contribution is -0.138.